The van der Waals surface area contributed by atoms with Gasteiger partial charge in [-0.15, -0.1) is 0 Å². The summed E-state index contributed by atoms with van der Waals surface area (Å²) in [6, 6.07) is 10.5. The molecule has 3 N–H and O–H groups in total. The molecule has 1 unspecified atom stereocenters. The molecule has 28 heavy (non-hydrogen) atoms. The number of halogens is 1. The van der Waals surface area contributed by atoms with Crippen LogP contribution in [0.25, 0.3) is 5.70 Å². The number of thioether (sulfide) groups is 1. The predicted octanol–water partition coefficient (Wildman–Crippen LogP) is 3.13. The smallest absolute Gasteiger partial charge is 0.239 e. The van der Waals surface area contributed by atoms with Crippen molar-refractivity contribution in [3.8, 4) is 11.5 Å². The van der Waals surface area contributed by atoms with Crippen molar-refractivity contribution in [2.45, 2.75) is 10.4 Å². The van der Waals surface area contributed by atoms with E-state index in [9.17, 15) is 8.42 Å². The van der Waals surface area contributed by atoms with Gasteiger partial charge in [-0.1, -0.05) is 29.4 Å². The quantitative estimate of drug-likeness (QED) is 0.755. The predicted molar refractivity (Wildman–Crippen MR) is 111 cm³/mol. The maximum absolute atomic E-state index is 11.7. The molecule has 10 heteroatoms. The highest BCUT2D eigenvalue weighted by Gasteiger charge is 2.26. The summed E-state index contributed by atoms with van der Waals surface area (Å²) in [5.74, 6) is 1.45. The highest BCUT2D eigenvalue weighted by molar-refractivity contribution is 8.03. The van der Waals surface area contributed by atoms with Crippen LogP contribution in [0.3, 0.4) is 0 Å². The first-order valence-corrected chi connectivity index (χ1v) is 11.3. The Hall–Kier alpha value is -2.07. The summed E-state index contributed by atoms with van der Waals surface area (Å²) in [6.45, 7) is 1.08. The maximum atomic E-state index is 11.7. The number of anilines is 1. The molecule has 4 rings (SSSR count). The molecular formula is C18H18ClN3O4S2. The Morgan fingerprint density at radius 2 is 1.93 bits per heavy atom. The van der Waals surface area contributed by atoms with E-state index < -0.39 is 10.0 Å². The van der Waals surface area contributed by atoms with Gasteiger partial charge >= 0.3 is 0 Å². The third-order valence-electron chi connectivity index (χ3n) is 4.41. The molecule has 7 nitrogen and oxygen atoms in total. The summed E-state index contributed by atoms with van der Waals surface area (Å²) in [5.41, 5.74) is 2.40. The molecule has 148 valence electrons. The normalized spacial score (nSPS) is 18.8. The Morgan fingerprint density at radius 3 is 2.68 bits per heavy atom. The Morgan fingerprint density at radius 1 is 1.18 bits per heavy atom. The first kappa shape index (κ1) is 19.3. The zero-order valence-corrected chi connectivity index (χ0v) is 17.3. The molecule has 0 aliphatic carbocycles. The van der Waals surface area contributed by atoms with Gasteiger partial charge in [-0.05, 0) is 35.2 Å². The minimum Gasteiger partial charge on any atom is -0.486 e. The minimum atomic E-state index is -3.90. The van der Waals surface area contributed by atoms with E-state index in [4.69, 9.17) is 26.2 Å². The standard InChI is InChI=1S/C18H18ClN3O4S2/c1-22-14(11-2-4-13(19)17(8-11)28(20,23)24)10-27-18(22)21-12-3-5-15-16(9-12)26-7-6-25-15/h2-5,8-10,18,21H,6-7H2,1H3,(H2,20,23,24). The van der Waals surface area contributed by atoms with Gasteiger partial charge in [0, 0.05) is 18.8 Å². The fourth-order valence-electron chi connectivity index (χ4n) is 2.99. The van der Waals surface area contributed by atoms with Crippen LogP contribution < -0.4 is 19.9 Å². The number of benzene rings is 2. The lowest BCUT2D eigenvalue weighted by molar-refractivity contribution is 0.171. The molecule has 1 atom stereocenters. The van der Waals surface area contributed by atoms with E-state index in [1.165, 1.54) is 12.1 Å². The number of ether oxygens (including phenoxy) is 2. The molecule has 0 saturated carbocycles. The monoisotopic (exact) mass is 439 g/mol. The van der Waals surface area contributed by atoms with Gasteiger partial charge in [0.1, 0.15) is 18.1 Å². The fraction of sp³-hybridized carbons (Fsp3) is 0.222. The third-order valence-corrected chi connectivity index (χ3v) is 6.85. The Bertz CT molecular complexity index is 1060. The number of rotatable bonds is 4. The number of primary sulfonamides is 1. The second kappa shape index (κ2) is 7.40. The van der Waals surface area contributed by atoms with Crippen LogP contribution in [0.1, 0.15) is 5.56 Å². The largest absolute Gasteiger partial charge is 0.486 e. The van der Waals surface area contributed by atoms with Crippen molar-refractivity contribution in [1.82, 2.24) is 4.90 Å². The first-order valence-electron chi connectivity index (χ1n) is 8.40. The van der Waals surface area contributed by atoms with Crippen LogP contribution in [-0.4, -0.2) is 39.1 Å². The number of nitrogens with zero attached hydrogens (tertiary/aromatic N) is 1. The van der Waals surface area contributed by atoms with Crippen LogP contribution in [0.5, 0.6) is 11.5 Å². The van der Waals surface area contributed by atoms with E-state index in [2.05, 4.69) is 5.32 Å². The molecular weight excluding hydrogens is 422 g/mol. The lowest BCUT2D eigenvalue weighted by Gasteiger charge is -2.27. The Labute approximate surface area is 172 Å². The molecule has 0 fully saturated rings. The van der Waals surface area contributed by atoms with E-state index in [-0.39, 0.29) is 15.4 Å². The summed E-state index contributed by atoms with van der Waals surface area (Å²) < 4.78 is 34.7. The molecule has 2 aromatic rings. The first-order chi connectivity index (χ1) is 13.3. The third kappa shape index (κ3) is 3.75. The fourth-order valence-corrected chi connectivity index (χ4v) is 5.12. The molecule has 0 amide bonds. The van der Waals surface area contributed by atoms with Crippen molar-refractivity contribution in [3.05, 3.63) is 52.4 Å². The van der Waals surface area contributed by atoms with E-state index in [0.29, 0.717) is 19.0 Å². The molecule has 0 radical (unpaired) electrons. The number of hydrogen-bond donors (Lipinski definition) is 2. The Balaban J connectivity index is 1.53. The van der Waals surface area contributed by atoms with E-state index >= 15 is 0 Å². The summed E-state index contributed by atoms with van der Waals surface area (Å²) in [7, 11) is -1.98. The van der Waals surface area contributed by atoms with Crippen LogP contribution in [0.2, 0.25) is 5.02 Å². The van der Waals surface area contributed by atoms with Gasteiger partial charge in [0.05, 0.1) is 10.7 Å². The summed E-state index contributed by atoms with van der Waals surface area (Å²) in [6.07, 6.45) is 0. The van der Waals surface area contributed by atoms with Crippen molar-refractivity contribution < 1.29 is 17.9 Å². The number of hydrogen-bond acceptors (Lipinski definition) is 7. The average Bonchev–Trinajstić information content (AvgIpc) is 3.01. The highest BCUT2D eigenvalue weighted by atomic mass is 35.5. The van der Waals surface area contributed by atoms with Crippen molar-refractivity contribution in [1.29, 1.82) is 0 Å². The van der Waals surface area contributed by atoms with Gasteiger partial charge in [-0.3, -0.25) is 0 Å². The topological polar surface area (TPSA) is 93.9 Å². The van der Waals surface area contributed by atoms with Crippen molar-refractivity contribution >= 4 is 44.8 Å². The van der Waals surface area contributed by atoms with Crippen molar-refractivity contribution in [2.75, 3.05) is 25.6 Å². The van der Waals surface area contributed by atoms with Gasteiger partial charge in [-0.2, -0.15) is 0 Å². The number of sulfonamides is 1. The second-order valence-electron chi connectivity index (χ2n) is 6.30. The zero-order chi connectivity index (χ0) is 19.9. The summed E-state index contributed by atoms with van der Waals surface area (Å²) in [5, 5.41) is 10.8. The molecule has 0 aromatic heterocycles. The molecule has 2 aliphatic rings. The highest BCUT2D eigenvalue weighted by Crippen LogP contribution is 2.39. The van der Waals surface area contributed by atoms with Gasteiger partial charge in [0.2, 0.25) is 10.0 Å². The van der Waals surface area contributed by atoms with Gasteiger partial charge in [-0.25, -0.2) is 13.6 Å². The molecule has 2 aliphatic heterocycles. The number of nitrogens with two attached hydrogens (primary N) is 1. The van der Waals surface area contributed by atoms with Crippen LogP contribution in [0, 0.1) is 0 Å². The molecule has 0 bridgehead atoms. The van der Waals surface area contributed by atoms with Crippen molar-refractivity contribution in [3.63, 3.8) is 0 Å². The van der Waals surface area contributed by atoms with Crippen molar-refractivity contribution in [2.24, 2.45) is 5.14 Å². The molecule has 0 saturated heterocycles. The second-order valence-corrected chi connectivity index (χ2v) is 9.19. The lowest BCUT2D eigenvalue weighted by atomic mass is 10.1. The number of fused-ring (bicyclic) bond motifs is 1. The maximum Gasteiger partial charge on any atom is 0.239 e. The van der Waals surface area contributed by atoms with E-state index in [0.717, 1.165) is 22.7 Å². The number of nitrogens with one attached hydrogen (secondary N) is 1. The van der Waals surface area contributed by atoms with Gasteiger partial charge in [0.15, 0.2) is 17.0 Å². The molecule has 2 heterocycles. The minimum absolute atomic E-state index is 0.0776. The van der Waals surface area contributed by atoms with Crippen LogP contribution >= 0.6 is 23.4 Å². The molecule has 2 aromatic carbocycles. The summed E-state index contributed by atoms with van der Waals surface area (Å²) >= 11 is 7.56. The lowest BCUT2D eigenvalue weighted by Crippen LogP contribution is -2.30. The van der Waals surface area contributed by atoms with Crippen LogP contribution in [0.4, 0.5) is 5.69 Å². The zero-order valence-electron chi connectivity index (χ0n) is 14.9. The summed E-state index contributed by atoms with van der Waals surface area (Å²) in [4.78, 5) is 1.92. The average molecular weight is 440 g/mol. The van der Waals surface area contributed by atoms with Gasteiger partial charge < -0.3 is 19.7 Å². The Kier molecular flexibility index (Phi) is 5.09. The SMILES string of the molecule is CN1C(c2ccc(Cl)c(S(N)(=O)=O)c2)=CSC1Nc1ccc2c(c1)OCCO2. The van der Waals surface area contributed by atoms with Crippen LogP contribution in [-0.2, 0) is 10.0 Å². The van der Waals surface area contributed by atoms with Gasteiger partial charge in [0.25, 0.3) is 0 Å². The van der Waals surface area contributed by atoms with E-state index in [1.807, 2.05) is 35.6 Å². The van der Waals surface area contributed by atoms with E-state index in [1.54, 1.807) is 17.8 Å². The molecule has 0 spiro atoms. The van der Waals surface area contributed by atoms with Crippen LogP contribution in [0.15, 0.2) is 46.7 Å².